The number of carbonyl (C=O) groups is 2. The van der Waals surface area contributed by atoms with E-state index in [9.17, 15) is 9.59 Å². The number of hydrogen-bond donors (Lipinski definition) is 2. The van der Waals surface area contributed by atoms with Crippen LogP contribution < -0.4 is 15.4 Å². The van der Waals surface area contributed by atoms with E-state index in [0.29, 0.717) is 27.7 Å². The van der Waals surface area contributed by atoms with Gasteiger partial charge in [-0.15, -0.1) is 11.3 Å². The molecule has 3 aromatic rings. The molecule has 0 saturated heterocycles. The van der Waals surface area contributed by atoms with Crippen molar-refractivity contribution in [2.75, 3.05) is 24.3 Å². The van der Waals surface area contributed by atoms with E-state index in [0.717, 1.165) is 28.3 Å². The van der Waals surface area contributed by atoms with Crippen LogP contribution in [0.15, 0.2) is 59.6 Å². The van der Waals surface area contributed by atoms with Gasteiger partial charge in [-0.25, -0.2) is 4.58 Å². The van der Waals surface area contributed by atoms with Crippen LogP contribution in [0.4, 0.5) is 17.1 Å². The molecule has 1 aliphatic rings. The van der Waals surface area contributed by atoms with E-state index < -0.39 is 0 Å². The third kappa shape index (κ3) is 4.70. The first-order chi connectivity index (χ1) is 15.0. The lowest BCUT2D eigenvalue weighted by molar-refractivity contribution is -0.285. The Kier molecular flexibility index (Phi) is 5.90. The minimum atomic E-state index is -0.259. The highest BCUT2D eigenvalue weighted by molar-refractivity contribution is 7.16. The Balaban J connectivity index is 1.40. The number of ether oxygens (including phenoxy) is 1. The summed E-state index contributed by atoms with van der Waals surface area (Å²) in [6.45, 7) is 2.57. The highest BCUT2D eigenvalue weighted by Crippen LogP contribution is 2.24. The van der Waals surface area contributed by atoms with Crippen molar-refractivity contribution < 1.29 is 18.9 Å². The monoisotopic (exact) mass is 433 g/mol. The molecule has 0 aliphatic carbocycles. The van der Waals surface area contributed by atoms with E-state index in [1.807, 2.05) is 48.0 Å². The Labute approximate surface area is 183 Å². The molecule has 8 heteroatoms. The molecule has 4 rings (SSSR count). The zero-order valence-electron chi connectivity index (χ0n) is 17.1. The second-order valence-electron chi connectivity index (χ2n) is 6.87. The summed E-state index contributed by atoms with van der Waals surface area (Å²) in [6, 6.07) is 16.2. The second kappa shape index (κ2) is 8.93. The van der Waals surface area contributed by atoms with Gasteiger partial charge in [0.1, 0.15) is 17.7 Å². The summed E-state index contributed by atoms with van der Waals surface area (Å²) in [5.41, 5.74) is 3.25. The molecule has 0 radical (unpaired) electrons. The fraction of sp³-hybridized carbons (Fsp3) is 0.130. The molecule has 0 spiro atoms. The van der Waals surface area contributed by atoms with Crippen molar-refractivity contribution in [2.24, 2.45) is 4.99 Å². The summed E-state index contributed by atoms with van der Waals surface area (Å²) < 4.78 is 7.12. The number of nitrogens with zero attached hydrogens (tertiary/aromatic N) is 2. The van der Waals surface area contributed by atoms with Crippen molar-refractivity contribution in [3.8, 4) is 5.75 Å². The molecule has 1 aliphatic heterocycles. The predicted molar refractivity (Wildman–Crippen MR) is 124 cm³/mol. The molecule has 156 valence electrons. The number of hydrogen-bond acceptors (Lipinski definition) is 5. The number of thiophene rings is 1. The van der Waals surface area contributed by atoms with Crippen molar-refractivity contribution in [3.05, 3.63) is 69.9 Å². The zero-order valence-corrected chi connectivity index (χ0v) is 17.9. The van der Waals surface area contributed by atoms with Crippen molar-refractivity contribution in [2.45, 2.75) is 6.92 Å². The van der Waals surface area contributed by atoms with Gasteiger partial charge in [0.2, 0.25) is 0 Å². The first-order valence-corrected chi connectivity index (χ1v) is 10.4. The molecule has 0 unspecified atom stereocenters. The average Bonchev–Trinajstić information content (AvgIpc) is 3.48. The third-order valence-electron chi connectivity index (χ3n) is 4.75. The van der Waals surface area contributed by atoms with Gasteiger partial charge in [-0.3, -0.25) is 9.59 Å². The molecule has 1 aromatic heterocycles. The van der Waals surface area contributed by atoms with Crippen LogP contribution in [0.2, 0.25) is 0 Å². The van der Waals surface area contributed by atoms with Gasteiger partial charge in [0.25, 0.3) is 18.2 Å². The van der Waals surface area contributed by atoms with Crippen LogP contribution in [-0.4, -0.2) is 42.6 Å². The number of aryl methyl sites for hydroxylation is 1. The van der Waals surface area contributed by atoms with Gasteiger partial charge < -0.3 is 15.4 Å². The van der Waals surface area contributed by atoms with Gasteiger partial charge >= 0.3 is 0 Å². The standard InChI is InChI=1S/C23H20N4O3S/c1-15-13-18(30-2)7-8-19(15)26-23(29)21-10-9-20(31-21)22(28)25-16-3-5-17(6-4-16)27-12-11-24-14-27/h3-10,12-14H,11H2,1-2H3,(H-,25,26,28,29)/p+1. The summed E-state index contributed by atoms with van der Waals surface area (Å²) in [4.78, 5) is 30.2. The van der Waals surface area contributed by atoms with Gasteiger partial charge in [0, 0.05) is 11.4 Å². The average molecular weight is 434 g/mol. The maximum Gasteiger partial charge on any atom is 0.285 e. The molecule has 0 bridgehead atoms. The zero-order chi connectivity index (χ0) is 21.8. The SMILES string of the molecule is COc1ccc(NC(=O)c2ccc(C(=O)Nc3ccc([N+]4=CCN=C4)cc3)s2)c(C)c1. The molecule has 31 heavy (non-hydrogen) atoms. The van der Waals surface area contributed by atoms with Crippen LogP contribution in [0, 0.1) is 6.92 Å². The first kappa shape index (κ1) is 20.5. The quantitative estimate of drug-likeness (QED) is 0.568. The fourth-order valence-electron chi connectivity index (χ4n) is 3.07. The highest BCUT2D eigenvalue weighted by atomic mass is 32.1. The van der Waals surface area contributed by atoms with Gasteiger partial charge in [0.05, 0.1) is 16.9 Å². The topological polar surface area (TPSA) is 82.8 Å². The smallest absolute Gasteiger partial charge is 0.285 e. The number of aliphatic imine (C=N–C) groups is 1. The Hall–Kier alpha value is -3.78. The van der Waals surface area contributed by atoms with Crippen LogP contribution >= 0.6 is 11.3 Å². The van der Waals surface area contributed by atoms with Crippen LogP contribution in [0.3, 0.4) is 0 Å². The van der Waals surface area contributed by atoms with Crippen LogP contribution in [0.1, 0.15) is 24.9 Å². The van der Waals surface area contributed by atoms with Crippen LogP contribution in [-0.2, 0) is 0 Å². The number of nitrogens with one attached hydrogen (secondary N) is 2. The van der Waals surface area contributed by atoms with Crippen LogP contribution in [0.5, 0.6) is 5.75 Å². The molecule has 2 aromatic carbocycles. The summed E-state index contributed by atoms with van der Waals surface area (Å²) in [5.74, 6) is 0.210. The molecule has 2 heterocycles. The minimum Gasteiger partial charge on any atom is -0.497 e. The number of rotatable bonds is 6. The number of carbonyl (C=O) groups excluding carboxylic acids is 2. The van der Waals surface area contributed by atoms with Crippen molar-refractivity contribution in [3.63, 3.8) is 0 Å². The largest absolute Gasteiger partial charge is 0.497 e. The molecule has 2 amide bonds. The lowest BCUT2D eigenvalue weighted by Gasteiger charge is -2.09. The van der Waals surface area contributed by atoms with Gasteiger partial charge in [-0.2, -0.15) is 0 Å². The van der Waals surface area contributed by atoms with Gasteiger partial charge in [-0.05, 0) is 67.1 Å². The Morgan fingerprint density at radius 3 is 2.32 bits per heavy atom. The van der Waals surface area contributed by atoms with Gasteiger partial charge in [0.15, 0.2) is 6.54 Å². The number of amides is 2. The molecule has 0 atom stereocenters. The van der Waals surface area contributed by atoms with Gasteiger partial charge in [-0.1, -0.05) is 4.99 Å². The maximum atomic E-state index is 12.6. The lowest BCUT2D eigenvalue weighted by Crippen LogP contribution is -2.12. The maximum absolute atomic E-state index is 12.6. The lowest BCUT2D eigenvalue weighted by atomic mass is 10.2. The molecule has 0 saturated carbocycles. The summed E-state index contributed by atoms with van der Waals surface area (Å²) in [5, 5.41) is 5.74. The van der Waals surface area contributed by atoms with Crippen molar-refractivity contribution in [1.82, 2.24) is 0 Å². The fourth-order valence-corrected chi connectivity index (χ4v) is 3.86. The molecular weight excluding hydrogens is 412 g/mol. The Bertz CT molecular complexity index is 1200. The number of benzene rings is 2. The number of methoxy groups -OCH3 is 1. The predicted octanol–water partition coefficient (Wildman–Crippen LogP) is 4.33. The van der Waals surface area contributed by atoms with E-state index in [1.165, 1.54) is 0 Å². The van der Waals surface area contributed by atoms with Crippen molar-refractivity contribution >= 4 is 52.8 Å². The summed E-state index contributed by atoms with van der Waals surface area (Å²) >= 11 is 1.15. The molecule has 7 nitrogen and oxygen atoms in total. The van der Waals surface area contributed by atoms with E-state index in [2.05, 4.69) is 15.6 Å². The van der Waals surface area contributed by atoms with E-state index in [4.69, 9.17) is 4.74 Å². The third-order valence-corrected chi connectivity index (χ3v) is 5.83. The van der Waals surface area contributed by atoms with E-state index in [1.54, 1.807) is 37.7 Å². The Morgan fingerprint density at radius 2 is 1.71 bits per heavy atom. The van der Waals surface area contributed by atoms with E-state index >= 15 is 0 Å². The summed E-state index contributed by atoms with van der Waals surface area (Å²) in [7, 11) is 1.60. The van der Waals surface area contributed by atoms with Crippen LogP contribution in [0.25, 0.3) is 0 Å². The summed E-state index contributed by atoms with van der Waals surface area (Å²) in [6.07, 6.45) is 3.73. The minimum absolute atomic E-state index is 0.258. The highest BCUT2D eigenvalue weighted by Gasteiger charge is 2.16. The molecule has 0 fully saturated rings. The molecule has 2 N–H and O–H groups in total. The number of anilines is 2. The van der Waals surface area contributed by atoms with E-state index in [-0.39, 0.29) is 11.8 Å². The molecular formula is C23H21N4O3S+. The Morgan fingerprint density at radius 1 is 1.00 bits per heavy atom. The normalized spacial score (nSPS) is 12.4. The second-order valence-corrected chi connectivity index (χ2v) is 7.95. The first-order valence-electron chi connectivity index (χ1n) is 9.62. The van der Waals surface area contributed by atoms with Crippen molar-refractivity contribution in [1.29, 1.82) is 0 Å².